The Bertz CT molecular complexity index is 1760. The van der Waals surface area contributed by atoms with Gasteiger partial charge >= 0.3 is 0 Å². The van der Waals surface area contributed by atoms with Crippen LogP contribution in [0.5, 0.6) is 0 Å². The van der Waals surface area contributed by atoms with E-state index in [0.29, 0.717) is 11.9 Å². The van der Waals surface area contributed by atoms with Crippen molar-refractivity contribution in [1.29, 1.82) is 0 Å². The molecule has 0 bridgehead atoms. The van der Waals surface area contributed by atoms with Gasteiger partial charge in [-0.2, -0.15) is 4.98 Å². The number of aromatic nitrogens is 4. The first kappa shape index (κ1) is 24.3. The summed E-state index contributed by atoms with van der Waals surface area (Å²) in [6.07, 6.45) is 9.08. The van der Waals surface area contributed by atoms with E-state index in [1.807, 2.05) is 41.4 Å². The van der Waals surface area contributed by atoms with Crippen molar-refractivity contribution in [3.05, 3.63) is 107 Å². The number of nitrogens with zero attached hydrogens (tertiary/aromatic N) is 6. The summed E-state index contributed by atoms with van der Waals surface area (Å²) in [6.45, 7) is 4.80. The molecule has 41 heavy (non-hydrogen) atoms. The molecule has 8 heteroatoms. The average molecular weight is 542 g/mol. The van der Waals surface area contributed by atoms with Crippen molar-refractivity contribution in [2.45, 2.75) is 31.7 Å². The minimum absolute atomic E-state index is 0.00792. The monoisotopic (exact) mass is 541 g/mol. The predicted molar refractivity (Wildman–Crippen MR) is 160 cm³/mol. The maximum Gasteiger partial charge on any atom is 0.256 e. The van der Waals surface area contributed by atoms with Crippen LogP contribution in [0.2, 0.25) is 0 Å². The van der Waals surface area contributed by atoms with E-state index in [-0.39, 0.29) is 5.91 Å². The minimum Gasteiger partial charge on any atom is -0.354 e. The highest BCUT2D eigenvalue weighted by atomic mass is 16.1. The largest absolute Gasteiger partial charge is 0.354 e. The van der Waals surface area contributed by atoms with Gasteiger partial charge < -0.3 is 10.2 Å². The second-order valence-electron chi connectivity index (χ2n) is 11.4. The van der Waals surface area contributed by atoms with Crippen molar-refractivity contribution in [3.63, 3.8) is 0 Å². The van der Waals surface area contributed by atoms with Gasteiger partial charge in [-0.3, -0.25) is 14.3 Å². The number of anilines is 2. The first-order valence-corrected chi connectivity index (χ1v) is 14.5. The normalized spacial score (nSPS) is 16.9. The number of hydrogen-bond acceptors (Lipinski definition) is 6. The molecular formula is C33H31N7O. The molecule has 204 valence electrons. The van der Waals surface area contributed by atoms with Crippen LogP contribution >= 0.6 is 0 Å². The number of imidazole rings is 1. The lowest BCUT2D eigenvalue weighted by Crippen LogP contribution is -2.46. The maximum absolute atomic E-state index is 12.3. The van der Waals surface area contributed by atoms with Crippen LogP contribution in [-0.4, -0.2) is 56.5 Å². The topological polar surface area (TPSA) is 79.2 Å². The van der Waals surface area contributed by atoms with Gasteiger partial charge in [0.15, 0.2) is 0 Å². The molecule has 0 unspecified atom stereocenters. The smallest absolute Gasteiger partial charge is 0.256 e. The number of benzene rings is 3. The summed E-state index contributed by atoms with van der Waals surface area (Å²) >= 11 is 0. The van der Waals surface area contributed by atoms with E-state index >= 15 is 0 Å². The third-order valence-corrected chi connectivity index (χ3v) is 8.60. The minimum atomic E-state index is -0.00792. The van der Waals surface area contributed by atoms with E-state index < -0.39 is 0 Å². The molecule has 2 aromatic heterocycles. The van der Waals surface area contributed by atoms with E-state index in [1.165, 1.54) is 29.5 Å². The lowest BCUT2D eigenvalue weighted by atomic mass is 9.95. The molecule has 1 aliphatic carbocycles. The zero-order valence-electron chi connectivity index (χ0n) is 22.8. The van der Waals surface area contributed by atoms with Gasteiger partial charge in [-0.1, -0.05) is 42.5 Å². The zero-order chi connectivity index (χ0) is 27.3. The van der Waals surface area contributed by atoms with Crippen molar-refractivity contribution >= 4 is 28.2 Å². The van der Waals surface area contributed by atoms with Gasteiger partial charge in [0.25, 0.3) is 5.91 Å². The second kappa shape index (κ2) is 9.82. The van der Waals surface area contributed by atoms with Gasteiger partial charge in [-0.15, -0.1) is 0 Å². The quantitative estimate of drug-likeness (QED) is 0.306. The highest BCUT2D eigenvalue weighted by Gasteiger charge is 2.26. The SMILES string of the molecule is O=C1Nc2ccc(Cc3ccc(CN4CCN(c5ccnc(-n6cnc(C7CC7)c6)n5)CC4)cc3)c3cccc1c23. The van der Waals surface area contributed by atoms with Crippen LogP contribution in [0, 0.1) is 0 Å². The van der Waals surface area contributed by atoms with Crippen LogP contribution in [0.25, 0.3) is 16.7 Å². The first-order chi connectivity index (χ1) is 20.2. The number of rotatable bonds is 7. The van der Waals surface area contributed by atoms with Crippen molar-refractivity contribution in [3.8, 4) is 5.95 Å². The highest BCUT2D eigenvalue weighted by Crippen LogP contribution is 2.39. The van der Waals surface area contributed by atoms with E-state index in [2.05, 4.69) is 67.7 Å². The molecule has 8 nitrogen and oxygen atoms in total. The van der Waals surface area contributed by atoms with Gasteiger partial charge in [0.05, 0.1) is 5.69 Å². The molecule has 1 saturated heterocycles. The van der Waals surface area contributed by atoms with E-state index in [9.17, 15) is 4.79 Å². The van der Waals surface area contributed by atoms with E-state index in [1.54, 1.807) is 0 Å². The third kappa shape index (κ3) is 4.64. The first-order valence-electron chi connectivity index (χ1n) is 14.5. The van der Waals surface area contributed by atoms with E-state index in [4.69, 9.17) is 4.98 Å². The molecule has 3 aliphatic rings. The molecule has 5 aromatic rings. The maximum atomic E-state index is 12.3. The molecule has 2 aliphatic heterocycles. The summed E-state index contributed by atoms with van der Waals surface area (Å²) in [7, 11) is 0. The van der Waals surface area contributed by atoms with Crippen LogP contribution < -0.4 is 10.2 Å². The Kier molecular flexibility index (Phi) is 5.81. The molecule has 8 rings (SSSR count). The number of carbonyl (C=O) groups excluding carboxylic acids is 1. The second-order valence-corrected chi connectivity index (χ2v) is 11.4. The zero-order valence-corrected chi connectivity index (χ0v) is 22.8. The Labute approximate surface area is 238 Å². The molecule has 1 N–H and O–H groups in total. The lowest BCUT2D eigenvalue weighted by molar-refractivity contribution is 0.103. The van der Waals surface area contributed by atoms with Crippen LogP contribution in [0.1, 0.15) is 51.5 Å². The fourth-order valence-electron chi connectivity index (χ4n) is 6.16. The van der Waals surface area contributed by atoms with E-state index in [0.717, 1.165) is 72.7 Å². The summed E-state index contributed by atoms with van der Waals surface area (Å²) in [5, 5.41) is 5.19. The van der Waals surface area contributed by atoms with Crippen LogP contribution in [0.3, 0.4) is 0 Å². The number of piperazine rings is 1. The number of amides is 1. The number of carbonyl (C=O) groups is 1. The Morgan fingerprint density at radius 1 is 0.878 bits per heavy atom. The van der Waals surface area contributed by atoms with Crippen molar-refractivity contribution in [1.82, 2.24) is 24.4 Å². The molecule has 0 spiro atoms. The predicted octanol–water partition coefficient (Wildman–Crippen LogP) is 5.17. The van der Waals surface area contributed by atoms with Gasteiger partial charge in [-0.25, -0.2) is 9.97 Å². The Morgan fingerprint density at radius 2 is 1.71 bits per heavy atom. The molecule has 3 aromatic carbocycles. The van der Waals surface area contributed by atoms with Crippen molar-refractivity contribution in [2.75, 3.05) is 36.4 Å². The summed E-state index contributed by atoms with van der Waals surface area (Å²) in [6, 6.07) is 21.2. The molecule has 1 saturated carbocycles. The van der Waals surface area contributed by atoms with Crippen molar-refractivity contribution in [2.24, 2.45) is 0 Å². The lowest BCUT2D eigenvalue weighted by Gasteiger charge is -2.35. The molecule has 2 fully saturated rings. The van der Waals surface area contributed by atoms with Gasteiger partial charge in [-0.05, 0) is 59.5 Å². The fraction of sp³-hybridized carbons (Fsp3) is 0.273. The number of nitrogens with one attached hydrogen (secondary N) is 1. The van der Waals surface area contributed by atoms with Crippen LogP contribution in [0.15, 0.2) is 79.4 Å². The summed E-state index contributed by atoms with van der Waals surface area (Å²) in [5.74, 6) is 2.27. The summed E-state index contributed by atoms with van der Waals surface area (Å²) < 4.78 is 1.94. The molecule has 0 atom stereocenters. The average Bonchev–Trinajstić information content (AvgIpc) is 3.65. The molecular weight excluding hydrogens is 510 g/mol. The molecule has 1 amide bonds. The fourth-order valence-corrected chi connectivity index (χ4v) is 6.16. The standard InChI is InChI=1S/C33H31N7O/c41-32-27-3-1-2-26-25(10-11-28(36-32)31(26)27)18-22-4-6-23(7-5-22)19-38-14-16-39(17-15-38)30-12-13-34-33(37-30)40-20-29(35-21-40)24-8-9-24/h1-7,10-13,20-21,24H,8-9,14-19H2,(H,36,41). The van der Waals surface area contributed by atoms with Gasteiger partial charge in [0, 0.05) is 67.7 Å². The summed E-state index contributed by atoms with van der Waals surface area (Å²) in [5.41, 5.74) is 6.69. The Balaban J connectivity index is 0.895. The van der Waals surface area contributed by atoms with Crippen molar-refractivity contribution < 1.29 is 4.79 Å². The summed E-state index contributed by atoms with van der Waals surface area (Å²) in [4.78, 5) is 31.0. The highest BCUT2D eigenvalue weighted by molar-refractivity contribution is 6.24. The Hall–Kier alpha value is -4.56. The van der Waals surface area contributed by atoms with Crippen LogP contribution in [0.4, 0.5) is 11.5 Å². The van der Waals surface area contributed by atoms with Gasteiger partial charge in [0.2, 0.25) is 5.95 Å². The Morgan fingerprint density at radius 3 is 2.54 bits per heavy atom. The number of hydrogen-bond donors (Lipinski definition) is 1. The molecule has 0 radical (unpaired) electrons. The third-order valence-electron chi connectivity index (χ3n) is 8.60. The van der Waals surface area contributed by atoms with Gasteiger partial charge in [0.1, 0.15) is 12.1 Å². The van der Waals surface area contributed by atoms with Crippen LogP contribution in [-0.2, 0) is 13.0 Å². The molecule has 4 heterocycles.